The molecule has 0 unspecified atom stereocenters. The number of halogens is 1. The molecule has 0 fully saturated rings. The van der Waals surface area contributed by atoms with Crippen LogP contribution < -0.4 is 5.32 Å². The van der Waals surface area contributed by atoms with Crippen molar-refractivity contribution in [3.05, 3.63) is 58.8 Å². The lowest BCUT2D eigenvalue weighted by atomic mass is 10.0. The molecule has 0 saturated heterocycles. The van der Waals surface area contributed by atoms with E-state index in [2.05, 4.69) is 9.71 Å². The summed E-state index contributed by atoms with van der Waals surface area (Å²) < 4.78 is 32.2. The van der Waals surface area contributed by atoms with Crippen LogP contribution in [0.15, 0.2) is 52.6 Å². The Morgan fingerprint density at radius 2 is 2.00 bits per heavy atom. The van der Waals surface area contributed by atoms with Crippen molar-refractivity contribution < 1.29 is 22.7 Å². The minimum absolute atomic E-state index is 0.0840. The second kappa shape index (κ2) is 9.01. The van der Waals surface area contributed by atoms with Gasteiger partial charge in [0.15, 0.2) is 0 Å². The van der Waals surface area contributed by atoms with Gasteiger partial charge in [-0.1, -0.05) is 29.8 Å². The van der Waals surface area contributed by atoms with E-state index in [0.717, 1.165) is 0 Å². The van der Waals surface area contributed by atoms with Crippen LogP contribution in [0.4, 0.5) is 0 Å². The molecule has 0 radical (unpaired) electrons. The largest absolute Gasteiger partial charge is 0.463 e. The van der Waals surface area contributed by atoms with Crippen molar-refractivity contribution in [3.63, 3.8) is 0 Å². The first-order valence-electron chi connectivity index (χ1n) is 9.38. The topological polar surface area (TPSA) is 105 Å². The molecule has 1 N–H and O–H groups in total. The number of nitrogens with one attached hydrogen (secondary N) is 1. The predicted octanol–water partition coefficient (Wildman–Crippen LogP) is 2.34. The zero-order valence-electron chi connectivity index (χ0n) is 16.5. The Balaban J connectivity index is 1.80. The molecule has 8 nitrogen and oxygen atoms in total. The first-order valence-corrected chi connectivity index (χ1v) is 11.4. The van der Waals surface area contributed by atoms with Crippen molar-refractivity contribution >= 4 is 39.3 Å². The number of nitrogens with zero attached hydrogens (tertiary/aromatic N) is 2. The van der Waals surface area contributed by atoms with Crippen LogP contribution >= 0.6 is 11.6 Å². The third-order valence-corrected chi connectivity index (χ3v) is 5.92. The monoisotopic (exact) mass is 451 g/mol. The van der Waals surface area contributed by atoms with Crippen LogP contribution in [0.1, 0.15) is 31.9 Å². The number of sulfonamides is 1. The number of carbonyl (C=O) groups excluding carboxylic acids is 2. The van der Waals surface area contributed by atoms with E-state index in [4.69, 9.17) is 16.3 Å². The standard InChI is InChI=1S/C20H22ClN3O5S/c1-13(2)29-19(25)11-17(15-5-3-4-6-16(15)21)22-20(26)14-7-8-18-23-30(27,28)10-9-24(18)12-14/h3-8,12-13,17H,9-11H2,1-2H3,(H,22,26)/t17-/m0/s1. The number of ether oxygens (including phenoxy) is 1. The number of rotatable bonds is 6. The van der Waals surface area contributed by atoms with Gasteiger partial charge in [-0.15, -0.1) is 4.40 Å². The lowest BCUT2D eigenvalue weighted by Gasteiger charge is -2.27. The van der Waals surface area contributed by atoms with E-state index >= 15 is 0 Å². The average Bonchev–Trinajstić information content (AvgIpc) is 2.66. The molecule has 0 bridgehead atoms. The van der Waals surface area contributed by atoms with Gasteiger partial charge in [-0.3, -0.25) is 9.59 Å². The molecule has 3 rings (SSSR count). The van der Waals surface area contributed by atoms with Crippen molar-refractivity contribution in [3.8, 4) is 0 Å². The third-order valence-electron chi connectivity index (χ3n) is 4.41. The summed E-state index contributed by atoms with van der Waals surface area (Å²) in [5.74, 6) is -0.750. The summed E-state index contributed by atoms with van der Waals surface area (Å²) >= 11 is 6.28. The number of carbonyl (C=O) groups is 2. The molecule has 2 heterocycles. The molecule has 10 heteroatoms. The van der Waals surface area contributed by atoms with Crippen LogP contribution in [0, 0.1) is 0 Å². The second-order valence-electron chi connectivity index (χ2n) is 7.14. The van der Waals surface area contributed by atoms with E-state index in [1.54, 1.807) is 49.2 Å². The quantitative estimate of drug-likeness (QED) is 0.665. The average molecular weight is 452 g/mol. The molecule has 1 amide bonds. The molecule has 1 atom stereocenters. The Labute approximate surface area is 180 Å². The highest BCUT2D eigenvalue weighted by molar-refractivity contribution is 7.90. The maximum Gasteiger partial charge on any atom is 0.308 e. The molecule has 160 valence electrons. The van der Waals surface area contributed by atoms with Gasteiger partial charge in [0, 0.05) is 17.8 Å². The zero-order chi connectivity index (χ0) is 21.9. The van der Waals surface area contributed by atoms with Crippen molar-refractivity contribution in [1.29, 1.82) is 0 Å². The summed E-state index contributed by atoms with van der Waals surface area (Å²) in [4.78, 5) is 26.7. The van der Waals surface area contributed by atoms with Crippen LogP contribution in [0.2, 0.25) is 5.02 Å². The number of hydrogen-bond donors (Lipinski definition) is 1. The van der Waals surface area contributed by atoms with E-state index in [0.29, 0.717) is 16.2 Å². The van der Waals surface area contributed by atoms with Crippen molar-refractivity contribution in [2.75, 3.05) is 12.3 Å². The van der Waals surface area contributed by atoms with Crippen molar-refractivity contribution in [2.24, 2.45) is 4.40 Å². The maximum atomic E-state index is 12.9. The van der Waals surface area contributed by atoms with Crippen LogP contribution in [0.3, 0.4) is 0 Å². The van der Waals surface area contributed by atoms with Crippen LogP contribution in [-0.4, -0.2) is 49.4 Å². The minimum atomic E-state index is -3.48. The molecule has 0 aromatic heterocycles. The fourth-order valence-electron chi connectivity index (χ4n) is 3.05. The highest BCUT2D eigenvalue weighted by Crippen LogP contribution is 2.26. The van der Waals surface area contributed by atoms with E-state index in [-0.39, 0.29) is 30.7 Å². The minimum Gasteiger partial charge on any atom is -0.463 e. The second-order valence-corrected chi connectivity index (χ2v) is 9.30. The number of amides is 1. The Hall–Kier alpha value is -2.65. The van der Waals surface area contributed by atoms with Gasteiger partial charge in [0.1, 0.15) is 5.84 Å². The fraction of sp³-hybridized carbons (Fsp3) is 0.350. The smallest absolute Gasteiger partial charge is 0.308 e. The van der Waals surface area contributed by atoms with Crippen LogP contribution in [0.5, 0.6) is 0 Å². The molecule has 0 saturated carbocycles. The first kappa shape index (κ1) is 22.0. The van der Waals surface area contributed by atoms with Crippen molar-refractivity contribution in [2.45, 2.75) is 32.4 Å². The summed E-state index contributed by atoms with van der Waals surface area (Å²) in [6, 6.07) is 6.25. The summed E-state index contributed by atoms with van der Waals surface area (Å²) in [5.41, 5.74) is 0.905. The van der Waals surface area contributed by atoms with Gasteiger partial charge in [0.2, 0.25) is 0 Å². The SMILES string of the molecule is CC(C)OC(=O)C[C@H](NC(=O)C1=CN2CCS(=O)(=O)N=C2C=C1)c1ccccc1Cl. The van der Waals surface area contributed by atoms with Gasteiger partial charge in [-0.2, -0.15) is 0 Å². The molecular formula is C20H22ClN3O5S. The Morgan fingerprint density at radius 1 is 1.27 bits per heavy atom. The van der Waals surface area contributed by atoms with Gasteiger partial charge >= 0.3 is 5.97 Å². The first-order chi connectivity index (χ1) is 14.1. The third kappa shape index (κ3) is 5.48. The fourth-order valence-corrected chi connectivity index (χ4v) is 4.29. The van der Waals surface area contributed by atoms with Gasteiger partial charge in [-0.05, 0) is 37.6 Å². The molecule has 2 aliphatic rings. The van der Waals surface area contributed by atoms with E-state index in [1.807, 2.05) is 0 Å². The Morgan fingerprint density at radius 3 is 2.70 bits per heavy atom. The Bertz CT molecular complexity index is 1050. The molecular weight excluding hydrogens is 430 g/mol. The maximum absolute atomic E-state index is 12.9. The summed E-state index contributed by atoms with van der Waals surface area (Å²) in [6.07, 6.45) is 4.14. The molecule has 0 spiro atoms. The number of amidine groups is 1. The van der Waals surface area contributed by atoms with Gasteiger partial charge in [0.25, 0.3) is 15.9 Å². The van der Waals surface area contributed by atoms with Crippen molar-refractivity contribution in [1.82, 2.24) is 10.2 Å². The molecule has 0 aliphatic carbocycles. The van der Waals surface area contributed by atoms with Gasteiger partial charge in [0.05, 0.1) is 29.9 Å². The van der Waals surface area contributed by atoms with E-state index in [1.165, 1.54) is 12.2 Å². The van der Waals surface area contributed by atoms with Crippen LogP contribution in [0.25, 0.3) is 0 Å². The summed E-state index contributed by atoms with van der Waals surface area (Å²) in [7, 11) is -3.48. The lowest BCUT2D eigenvalue weighted by molar-refractivity contribution is -0.148. The van der Waals surface area contributed by atoms with Gasteiger partial charge < -0.3 is 15.0 Å². The number of esters is 1. The summed E-state index contributed by atoms with van der Waals surface area (Å²) in [5, 5.41) is 3.25. The number of fused-ring (bicyclic) bond motifs is 1. The van der Waals surface area contributed by atoms with E-state index in [9.17, 15) is 18.0 Å². The van der Waals surface area contributed by atoms with Gasteiger partial charge in [-0.25, -0.2) is 8.42 Å². The molecule has 2 aliphatic heterocycles. The number of hydrogen-bond acceptors (Lipinski definition) is 6. The highest BCUT2D eigenvalue weighted by atomic mass is 35.5. The predicted molar refractivity (Wildman–Crippen MR) is 113 cm³/mol. The Kier molecular flexibility index (Phi) is 6.62. The van der Waals surface area contributed by atoms with Crippen LogP contribution in [-0.2, 0) is 24.3 Å². The highest BCUT2D eigenvalue weighted by Gasteiger charge is 2.27. The zero-order valence-corrected chi connectivity index (χ0v) is 18.1. The lowest BCUT2D eigenvalue weighted by Crippen LogP contribution is -2.38. The normalized spacial score (nSPS) is 18.2. The number of benzene rings is 1. The molecule has 1 aromatic rings. The molecule has 30 heavy (non-hydrogen) atoms. The van der Waals surface area contributed by atoms with E-state index < -0.39 is 27.9 Å². The summed E-state index contributed by atoms with van der Waals surface area (Å²) in [6.45, 7) is 3.70. The molecule has 1 aromatic carbocycles.